The number of hydrogen-bond donors (Lipinski definition) is 2. The minimum absolute atomic E-state index is 0.00513. The molecule has 0 spiro atoms. The highest BCUT2D eigenvalue weighted by molar-refractivity contribution is 6.42. The average molecular weight is 218 g/mol. The number of carboxylic acid groups (broad SMARTS) is 1. The van der Waals surface area contributed by atoms with Crippen LogP contribution in [0, 0.1) is 12.3 Å². The fraction of sp³-hybridized carbons (Fsp3) is 0.300. The molecule has 0 aliphatic heterocycles. The van der Waals surface area contributed by atoms with E-state index in [4.69, 9.17) is 48.6 Å². The van der Waals surface area contributed by atoms with Gasteiger partial charge >= 0.3 is 5.97 Å². The fourth-order valence-corrected chi connectivity index (χ4v) is 1.07. The summed E-state index contributed by atoms with van der Waals surface area (Å²) in [4.78, 5) is 10.6. The zero-order valence-corrected chi connectivity index (χ0v) is 9.31. The number of carboxylic acids is 1. The summed E-state index contributed by atoms with van der Waals surface area (Å²) >= 11 is 0. The van der Waals surface area contributed by atoms with E-state index in [2.05, 4.69) is 5.92 Å². The highest BCUT2D eigenvalue weighted by Crippen LogP contribution is 2.18. The van der Waals surface area contributed by atoms with Gasteiger partial charge in [-0.15, -0.1) is 17.4 Å². The van der Waals surface area contributed by atoms with E-state index in [1.54, 1.807) is 0 Å². The van der Waals surface area contributed by atoms with Crippen molar-refractivity contribution in [2.45, 2.75) is 18.8 Å². The highest BCUT2D eigenvalue weighted by Gasteiger charge is 2.14. The van der Waals surface area contributed by atoms with E-state index >= 15 is 0 Å². The molecule has 0 aliphatic carbocycles. The molecule has 0 aromatic heterocycles. The highest BCUT2D eigenvalue weighted by atomic mass is 16.4. The molecule has 0 rings (SSSR count). The standard InChI is InChI=1S/C10H9B4NO2/c1-2-6(12)9(14)8(13)5(4-11)3-7(15)10(16)17/h1,7H,3-4,15H2,(H,16,17)/b8-5+,9-6-/t7-/m0/s1. The maximum absolute atomic E-state index is 10.6. The van der Waals surface area contributed by atoms with Crippen molar-refractivity contribution in [3.63, 3.8) is 0 Å². The van der Waals surface area contributed by atoms with Crippen LogP contribution in [0.15, 0.2) is 22.0 Å². The second kappa shape index (κ2) is 7.13. The molecule has 3 nitrogen and oxygen atoms in total. The Hall–Kier alpha value is -1.27. The van der Waals surface area contributed by atoms with Crippen molar-refractivity contribution < 1.29 is 9.90 Å². The lowest BCUT2D eigenvalue weighted by Crippen LogP contribution is -2.30. The Morgan fingerprint density at radius 1 is 1.35 bits per heavy atom. The van der Waals surface area contributed by atoms with Crippen molar-refractivity contribution in [2.75, 3.05) is 0 Å². The predicted molar refractivity (Wildman–Crippen MR) is 70.9 cm³/mol. The topological polar surface area (TPSA) is 63.3 Å². The molecule has 0 aromatic rings. The third kappa shape index (κ3) is 4.62. The number of hydrogen-bond acceptors (Lipinski definition) is 2. The quantitative estimate of drug-likeness (QED) is 0.353. The molecule has 0 amide bonds. The Morgan fingerprint density at radius 2 is 1.88 bits per heavy atom. The van der Waals surface area contributed by atoms with Crippen LogP contribution < -0.4 is 5.73 Å². The van der Waals surface area contributed by atoms with Gasteiger partial charge in [0, 0.05) is 0 Å². The maximum Gasteiger partial charge on any atom is 0.320 e. The second-order valence-corrected chi connectivity index (χ2v) is 3.34. The zero-order chi connectivity index (χ0) is 13.6. The summed E-state index contributed by atoms with van der Waals surface area (Å²) in [5, 5.41) is 8.67. The van der Waals surface area contributed by atoms with E-state index in [9.17, 15) is 4.79 Å². The molecule has 0 heterocycles. The van der Waals surface area contributed by atoms with Crippen LogP contribution >= 0.6 is 0 Å². The van der Waals surface area contributed by atoms with Crippen LogP contribution in [0.1, 0.15) is 6.42 Å². The predicted octanol–water partition coefficient (Wildman–Crippen LogP) is -1.02. The molecule has 0 saturated carbocycles. The summed E-state index contributed by atoms with van der Waals surface area (Å²) in [6, 6.07) is -1.10. The molecule has 0 unspecified atom stereocenters. The molecule has 78 valence electrons. The van der Waals surface area contributed by atoms with Crippen LogP contribution in [0.4, 0.5) is 0 Å². The van der Waals surface area contributed by atoms with Crippen molar-refractivity contribution >= 4 is 37.4 Å². The molecule has 0 bridgehead atoms. The molecule has 17 heavy (non-hydrogen) atoms. The number of nitrogens with two attached hydrogens (primary N) is 1. The van der Waals surface area contributed by atoms with Crippen molar-refractivity contribution in [1.29, 1.82) is 0 Å². The lowest BCUT2D eigenvalue weighted by atomic mass is 9.67. The third-order valence-corrected chi connectivity index (χ3v) is 2.15. The van der Waals surface area contributed by atoms with Gasteiger partial charge in [0.2, 0.25) is 0 Å². The number of carbonyl (C=O) groups is 1. The summed E-state index contributed by atoms with van der Waals surface area (Å²) in [6.45, 7) is 0. The number of terminal acetylenes is 1. The molecule has 7 heteroatoms. The van der Waals surface area contributed by atoms with Gasteiger partial charge in [-0.3, -0.25) is 4.79 Å². The summed E-state index contributed by atoms with van der Waals surface area (Å²) in [5.74, 6) is 0.974. The first-order valence-electron chi connectivity index (χ1n) is 4.73. The molecule has 1 atom stereocenters. The molecule has 0 fully saturated rings. The van der Waals surface area contributed by atoms with Gasteiger partial charge in [0.1, 0.15) is 29.6 Å². The van der Waals surface area contributed by atoms with E-state index in [1.165, 1.54) is 0 Å². The minimum atomic E-state index is -1.16. The van der Waals surface area contributed by atoms with Crippen LogP contribution in [0.2, 0.25) is 6.32 Å². The summed E-state index contributed by atoms with van der Waals surface area (Å²) in [5.41, 5.74) is 5.82. The minimum Gasteiger partial charge on any atom is -0.480 e. The van der Waals surface area contributed by atoms with Gasteiger partial charge in [-0.25, -0.2) is 0 Å². The van der Waals surface area contributed by atoms with Gasteiger partial charge < -0.3 is 10.8 Å². The summed E-state index contributed by atoms with van der Waals surface area (Å²) in [6.07, 6.45) is 5.06. The molecule has 3 N–H and O–H groups in total. The van der Waals surface area contributed by atoms with Gasteiger partial charge in [0.25, 0.3) is 0 Å². The Balaban J connectivity index is 5.23. The Kier molecular flexibility index (Phi) is 6.60. The van der Waals surface area contributed by atoms with Gasteiger partial charge in [-0.1, -0.05) is 23.3 Å². The lowest BCUT2D eigenvalue weighted by Gasteiger charge is -2.16. The monoisotopic (exact) mass is 219 g/mol. The van der Waals surface area contributed by atoms with E-state index in [-0.39, 0.29) is 29.2 Å². The molecule has 0 aromatic carbocycles. The van der Waals surface area contributed by atoms with E-state index in [0.29, 0.717) is 5.57 Å². The third-order valence-electron chi connectivity index (χ3n) is 2.15. The lowest BCUT2D eigenvalue weighted by molar-refractivity contribution is -0.138. The normalized spacial score (nSPS) is 15.3. The van der Waals surface area contributed by atoms with Gasteiger partial charge in [0.05, 0.1) is 7.85 Å². The summed E-state index contributed by atoms with van der Waals surface area (Å²) < 4.78 is 0. The van der Waals surface area contributed by atoms with Crippen LogP contribution in [-0.2, 0) is 4.79 Å². The second-order valence-electron chi connectivity index (χ2n) is 3.34. The number of rotatable bonds is 5. The van der Waals surface area contributed by atoms with E-state index in [0.717, 1.165) is 0 Å². The van der Waals surface area contributed by atoms with Crippen molar-refractivity contribution in [3.05, 3.63) is 22.0 Å². The zero-order valence-electron chi connectivity index (χ0n) is 9.31. The first-order chi connectivity index (χ1) is 7.84. The largest absolute Gasteiger partial charge is 0.480 e. The number of allylic oxidation sites excluding steroid dienone is 3. The number of aliphatic carboxylic acids is 1. The Morgan fingerprint density at radius 3 is 2.24 bits per heavy atom. The molecule has 0 aliphatic rings. The maximum atomic E-state index is 10.6. The SMILES string of the molecule is [B]C/C(C[C@H](N)C(=O)O)=C([B])\C([B])=C(\[B])C#C. The van der Waals surface area contributed by atoms with Crippen LogP contribution in [0.25, 0.3) is 0 Å². The molecular formula is C10H9B4NO2. The molecule has 8 radical (unpaired) electrons. The van der Waals surface area contributed by atoms with Crippen molar-refractivity contribution in [1.82, 2.24) is 0 Å². The van der Waals surface area contributed by atoms with E-state index < -0.39 is 12.0 Å². The van der Waals surface area contributed by atoms with E-state index in [1.807, 2.05) is 0 Å². The molecule has 0 saturated heterocycles. The van der Waals surface area contributed by atoms with Crippen molar-refractivity contribution in [3.8, 4) is 12.3 Å². The Labute approximate surface area is 107 Å². The average Bonchev–Trinajstić information content (AvgIpc) is 2.32. The van der Waals surface area contributed by atoms with Gasteiger partial charge in [-0.05, 0) is 6.42 Å². The Bertz CT molecular complexity index is 409. The van der Waals surface area contributed by atoms with Crippen LogP contribution in [-0.4, -0.2) is 48.5 Å². The smallest absolute Gasteiger partial charge is 0.320 e. The first kappa shape index (κ1) is 15.7. The molecular weight excluding hydrogens is 209 g/mol. The first-order valence-corrected chi connectivity index (χ1v) is 4.73. The van der Waals surface area contributed by atoms with Crippen LogP contribution in [0.5, 0.6) is 0 Å². The van der Waals surface area contributed by atoms with Gasteiger partial charge in [-0.2, -0.15) is 0 Å². The van der Waals surface area contributed by atoms with Crippen molar-refractivity contribution in [2.24, 2.45) is 5.73 Å². The summed E-state index contributed by atoms with van der Waals surface area (Å²) in [7, 11) is 22.1. The van der Waals surface area contributed by atoms with Gasteiger partial charge in [0.15, 0.2) is 0 Å². The fourth-order valence-electron chi connectivity index (χ4n) is 1.07. The van der Waals surface area contributed by atoms with Crippen LogP contribution in [0.3, 0.4) is 0 Å².